The monoisotopic (exact) mass is 235 g/mol. The minimum Gasteiger partial charge on any atom is -0.310 e. The van der Waals surface area contributed by atoms with Crippen LogP contribution >= 0.6 is 0 Å². The number of alkyl halides is 3. The molecule has 16 heavy (non-hydrogen) atoms. The number of nitrogens with zero attached hydrogens (tertiary/aromatic N) is 2. The van der Waals surface area contributed by atoms with Crippen molar-refractivity contribution < 1.29 is 13.2 Å². The van der Waals surface area contributed by atoms with Crippen LogP contribution in [0.4, 0.5) is 13.2 Å². The number of aromatic nitrogens is 2. The molecule has 0 saturated heterocycles. The van der Waals surface area contributed by atoms with Crippen molar-refractivity contribution in [2.75, 3.05) is 6.54 Å². The Morgan fingerprint density at radius 1 is 1.31 bits per heavy atom. The van der Waals surface area contributed by atoms with Gasteiger partial charge in [0.05, 0.1) is 18.3 Å². The van der Waals surface area contributed by atoms with Gasteiger partial charge in [0.15, 0.2) is 0 Å². The lowest BCUT2D eigenvalue weighted by molar-refractivity contribution is -0.137. The molecule has 0 saturated carbocycles. The molecule has 0 fully saturated rings. The molecule has 0 unspecified atom stereocenters. The van der Waals surface area contributed by atoms with Crippen molar-refractivity contribution >= 4 is 0 Å². The fraction of sp³-hybridized carbons (Fsp3) is 0.700. The summed E-state index contributed by atoms with van der Waals surface area (Å²) < 4.78 is 38.0. The molecule has 0 bridgehead atoms. The number of halogens is 3. The van der Waals surface area contributed by atoms with E-state index in [1.807, 2.05) is 20.8 Å². The Balaban J connectivity index is 2.48. The molecule has 6 heteroatoms. The predicted octanol–water partition coefficient (Wildman–Crippen LogP) is 2.29. The molecule has 0 aliphatic heterocycles. The third kappa shape index (κ3) is 4.22. The van der Waals surface area contributed by atoms with E-state index in [2.05, 4.69) is 10.4 Å². The van der Waals surface area contributed by atoms with Crippen LogP contribution in [0.25, 0.3) is 0 Å². The highest BCUT2D eigenvalue weighted by atomic mass is 19.4. The van der Waals surface area contributed by atoms with Crippen molar-refractivity contribution in [3.05, 3.63) is 18.0 Å². The van der Waals surface area contributed by atoms with Gasteiger partial charge in [-0.25, -0.2) is 0 Å². The first kappa shape index (κ1) is 13.0. The first-order valence-corrected chi connectivity index (χ1v) is 5.03. The van der Waals surface area contributed by atoms with Crippen LogP contribution in [0.5, 0.6) is 0 Å². The molecule has 1 N–H and O–H groups in total. The number of hydrogen-bond acceptors (Lipinski definition) is 2. The van der Waals surface area contributed by atoms with Gasteiger partial charge < -0.3 is 5.32 Å². The molecule has 1 heterocycles. The molecule has 0 radical (unpaired) electrons. The molecule has 1 aromatic heterocycles. The van der Waals surface area contributed by atoms with Crippen LogP contribution in [0.1, 0.15) is 26.3 Å². The van der Waals surface area contributed by atoms with Crippen molar-refractivity contribution in [3.8, 4) is 0 Å². The molecule has 0 aromatic carbocycles. The summed E-state index contributed by atoms with van der Waals surface area (Å²) in [6.45, 7) is 7.00. The zero-order valence-electron chi connectivity index (χ0n) is 9.60. The highest BCUT2D eigenvalue weighted by Crippen LogP contribution is 2.28. The summed E-state index contributed by atoms with van der Waals surface area (Å²) in [5, 5.41) is 6.84. The van der Waals surface area contributed by atoms with Crippen LogP contribution in [0.2, 0.25) is 0 Å². The van der Waals surface area contributed by atoms with Crippen molar-refractivity contribution in [3.63, 3.8) is 0 Å². The van der Waals surface area contributed by atoms with Gasteiger partial charge in [-0.3, -0.25) is 4.68 Å². The van der Waals surface area contributed by atoms with E-state index in [-0.39, 0.29) is 5.54 Å². The third-order valence-electron chi connectivity index (χ3n) is 1.96. The van der Waals surface area contributed by atoms with Gasteiger partial charge in [-0.2, -0.15) is 18.3 Å². The van der Waals surface area contributed by atoms with Crippen LogP contribution in [-0.4, -0.2) is 21.9 Å². The van der Waals surface area contributed by atoms with Gasteiger partial charge in [-0.05, 0) is 20.8 Å². The SMILES string of the molecule is CC(C)(C)NCCn1cc(C(F)(F)F)cn1. The second kappa shape index (κ2) is 4.45. The molecular weight excluding hydrogens is 219 g/mol. The maximum atomic E-state index is 12.2. The normalized spacial score (nSPS) is 13.1. The molecule has 1 rings (SSSR count). The largest absolute Gasteiger partial charge is 0.419 e. The van der Waals surface area contributed by atoms with Crippen molar-refractivity contribution in [1.29, 1.82) is 0 Å². The molecular formula is C10H16F3N3. The maximum Gasteiger partial charge on any atom is 0.419 e. The van der Waals surface area contributed by atoms with Gasteiger partial charge in [-0.15, -0.1) is 0 Å². The standard InChI is InChI=1S/C10H16F3N3/c1-9(2,3)14-4-5-16-7-8(6-15-16)10(11,12)13/h6-7,14H,4-5H2,1-3H3. The van der Waals surface area contributed by atoms with E-state index in [4.69, 9.17) is 0 Å². The summed E-state index contributed by atoms with van der Waals surface area (Å²) in [6, 6.07) is 0. The lowest BCUT2D eigenvalue weighted by atomic mass is 10.1. The highest BCUT2D eigenvalue weighted by Gasteiger charge is 2.32. The van der Waals surface area contributed by atoms with Gasteiger partial charge >= 0.3 is 6.18 Å². The molecule has 92 valence electrons. The average molecular weight is 235 g/mol. The molecule has 1 aromatic rings. The van der Waals surface area contributed by atoms with E-state index in [0.717, 1.165) is 12.4 Å². The smallest absolute Gasteiger partial charge is 0.310 e. The Kier molecular flexibility index (Phi) is 3.62. The number of rotatable bonds is 3. The van der Waals surface area contributed by atoms with Crippen LogP contribution in [-0.2, 0) is 12.7 Å². The first-order chi connectivity index (χ1) is 7.18. The van der Waals surface area contributed by atoms with E-state index < -0.39 is 11.7 Å². The molecule has 0 amide bonds. The summed E-state index contributed by atoms with van der Waals surface area (Å²) >= 11 is 0. The molecule has 0 atom stereocenters. The molecule has 0 spiro atoms. The maximum absolute atomic E-state index is 12.2. The van der Waals surface area contributed by atoms with Crippen molar-refractivity contribution in [2.24, 2.45) is 0 Å². The predicted molar refractivity (Wildman–Crippen MR) is 55.0 cm³/mol. The highest BCUT2D eigenvalue weighted by molar-refractivity contribution is 5.08. The van der Waals surface area contributed by atoms with Crippen molar-refractivity contribution in [1.82, 2.24) is 15.1 Å². The van der Waals surface area contributed by atoms with Gasteiger partial charge in [0.1, 0.15) is 0 Å². The molecule has 0 aliphatic rings. The Hall–Kier alpha value is -1.04. The number of nitrogens with one attached hydrogen (secondary N) is 1. The third-order valence-corrected chi connectivity index (χ3v) is 1.96. The Labute approximate surface area is 92.6 Å². The van der Waals surface area contributed by atoms with Gasteiger partial charge in [-0.1, -0.05) is 0 Å². The zero-order valence-corrected chi connectivity index (χ0v) is 9.60. The summed E-state index contributed by atoms with van der Waals surface area (Å²) in [6.07, 6.45) is -2.45. The van der Waals surface area contributed by atoms with E-state index in [9.17, 15) is 13.2 Å². The summed E-state index contributed by atoms with van der Waals surface area (Å²) in [7, 11) is 0. The summed E-state index contributed by atoms with van der Waals surface area (Å²) in [5.74, 6) is 0. The fourth-order valence-electron chi connectivity index (χ4n) is 1.18. The first-order valence-electron chi connectivity index (χ1n) is 5.03. The van der Waals surface area contributed by atoms with Gasteiger partial charge in [0.2, 0.25) is 0 Å². The second-order valence-corrected chi connectivity index (χ2v) is 4.67. The van der Waals surface area contributed by atoms with Crippen LogP contribution in [0.15, 0.2) is 12.4 Å². The quantitative estimate of drug-likeness (QED) is 0.871. The van der Waals surface area contributed by atoms with E-state index >= 15 is 0 Å². The van der Waals surface area contributed by atoms with Crippen LogP contribution in [0, 0.1) is 0 Å². The second-order valence-electron chi connectivity index (χ2n) is 4.67. The zero-order chi connectivity index (χ0) is 12.4. The van der Waals surface area contributed by atoms with Gasteiger partial charge in [0, 0.05) is 18.3 Å². The van der Waals surface area contributed by atoms with Gasteiger partial charge in [0.25, 0.3) is 0 Å². The topological polar surface area (TPSA) is 29.9 Å². The lowest BCUT2D eigenvalue weighted by Crippen LogP contribution is -2.37. The lowest BCUT2D eigenvalue weighted by Gasteiger charge is -2.20. The van der Waals surface area contributed by atoms with Crippen LogP contribution < -0.4 is 5.32 Å². The minimum atomic E-state index is -4.31. The van der Waals surface area contributed by atoms with Crippen molar-refractivity contribution in [2.45, 2.75) is 39.0 Å². The summed E-state index contributed by atoms with van der Waals surface area (Å²) in [4.78, 5) is 0. The average Bonchev–Trinajstić information content (AvgIpc) is 2.49. The fourth-order valence-corrected chi connectivity index (χ4v) is 1.18. The molecule has 0 aliphatic carbocycles. The molecule has 3 nitrogen and oxygen atoms in total. The van der Waals surface area contributed by atoms with E-state index in [1.165, 1.54) is 4.68 Å². The summed E-state index contributed by atoms with van der Waals surface area (Å²) in [5.41, 5.74) is -0.747. The minimum absolute atomic E-state index is 0.0417. The van der Waals surface area contributed by atoms with Crippen LogP contribution in [0.3, 0.4) is 0 Å². The van der Waals surface area contributed by atoms with E-state index in [1.54, 1.807) is 0 Å². The Morgan fingerprint density at radius 3 is 2.38 bits per heavy atom. The Bertz CT molecular complexity index is 336. The number of hydrogen-bond donors (Lipinski definition) is 1. The van der Waals surface area contributed by atoms with E-state index in [0.29, 0.717) is 13.1 Å². The Morgan fingerprint density at radius 2 is 1.94 bits per heavy atom.